The van der Waals surface area contributed by atoms with Crippen LogP contribution in [0.2, 0.25) is 5.02 Å². The summed E-state index contributed by atoms with van der Waals surface area (Å²) in [5.74, 6) is 0. The highest BCUT2D eigenvalue weighted by Gasteiger charge is 2.08. The normalized spacial score (nSPS) is 12.2. The van der Waals surface area contributed by atoms with E-state index in [9.17, 15) is 0 Å². The summed E-state index contributed by atoms with van der Waals surface area (Å²) in [6, 6.07) is 9.93. The Kier molecular flexibility index (Phi) is 4.40. The molecule has 19 heavy (non-hydrogen) atoms. The fourth-order valence-corrected chi connectivity index (χ4v) is 2.33. The number of hydrogen-bond donors (Lipinski definition) is 1. The molecule has 2 aromatic rings. The molecule has 1 unspecified atom stereocenters. The van der Waals surface area contributed by atoms with E-state index in [1.807, 2.05) is 44.4 Å². The molecule has 2 N–H and O–H groups in total. The second-order valence-corrected chi connectivity index (χ2v) is 5.12. The fraction of sp³-hybridized carbons (Fsp3) is 0.267. The minimum atomic E-state index is -0.0508. The number of benzene rings is 1. The van der Waals surface area contributed by atoms with Crippen LogP contribution in [0.4, 0.5) is 5.69 Å². The van der Waals surface area contributed by atoms with Crippen molar-refractivity contribution in [3.05, 3.63) is 58.9 Å². The molecule has 0 spiro atoms. The van der Waals surface area contributed by atoms with Crippen LogP contribution >= 0.6 is 11.6 Å². The number of hydrogen-bond acceptors (Lipinski definition) is 3. The molecule has 0 aliphatic rings. The van der Waals surface area contributed by atoms with Gasteiger partial charge in [0.2, 0.25) is 0 Å². The van der Waals surface area contributed by atoms with Crippen molar-refractivity contribution < 1.29 is 0 Å². The van der Waals surface area contributed by atoms with Gasteiger partial charge in [0, 0.05) is 42.7 Å². The second-order valence-electron chi connectivity index (χ2n) is 4.71. The summed E-state index contributed by atoms with van der Waals surface area (Å²) in [6.45, 7) is 2.72. The van der Waals surface area contributed by atoms with E-state index in [-0.39, 0.29) is 6.04 Å². The van der Waals surface area contributed by atoms with Crippen molar-refractivity contribution in [2.45, 2.75) is 19.5 Å². The van der Waals surface area contributed by atoms with E-state index >= 15 is 0 Å². The van der Waals surface area contributed by atoms with Crippen molar-refractivity contribution in [3.63, 3.8) is 0 Å². The molecular formula is C15H18ClN3. The van der Waals surface area contributed by atoms with Gasteiger partial charge in [-0.2, -0.15) is 0 Å². The van der Waals surface area contributed by atoms with Gasteiger partial charge >= 0.3 is 0 Å². The van der Waals surface area contributed by atoms with Gasteiger partial charge in [0.05, 0.1) is 0 Å². The quantitative estimate of drug-likeness (QED) is 0.930. The molecule has 0 amide bonds. The van der Waals surface area contributed by atoms with Crippen LogP contribution in [0.1, 0.15) is 24.1 Å². The molecule has 0 radical (unpaired) electrons. The largest absolute Gasteiger partial charge is 0.370 e. The first-order valence-corrected chi connectivity index (χ1v) is 6.61. The van der Waals surface area contributed by atoms with Crippen LogP contribution in [0.15, 0.2) is 42.7 Å². The van der Waals surface area contributed by atoms with Crippen molar-refractivity contribution in [3.8, 4) is 0 Å². The summed E-state index contributed by atoms with van der Waals surface area (Å²) in [4.78, 5) is 6.25. The zero-order valence-corrected chi connectivity index (χ0v) is 11.9. The standard InChI is InChI=1S/C15H18ClN3/c1-11(17)14-6-5-13(8-15(14)16)19(2)10-12-4-3-7-18-9-12/h3-9,11H,10,17H2,1-2H3. The van der Waals surface area contributed by atoms with Crippen LogP contribution in [-0.2, 0) is 6.54 Å². The number of nitrogens with zero attached hydrogens (tertiary/aromatic N) is 2. The van der Waals surface area contributed by atoms with Gasteiger partial charge in [0.1, 0.15) is 0 Å². The second kappa shape index (κ2) is 6.04. The summed E-state index contributed by atoms with van der Waals surface area (Å²) < 4.78 is 0. The van der Waals surface area contributed by atoms with Gasteiger partial charge in [-0.1, -0.05) is 23.7 Å². The van der Waals surface area contributed by atoms with Gasteiger partial charge in [-0.25, -0.2) is 0 Å². The molecular weight excluding hydrogens is 258 g/mol. The van der Waals surface area contributed by atoms with Gasteiger partial charge in [0.15, 0.2) is 0 Å². The molecule has 2 rings (SSSR count). The fourth-order valence-electron chi connectivity index (χ4n) is 1.98. The van der Waals surface area contributed by atoms with Crippen LogP contribution in [0.3, 0.4) is 0 Å². The zero-order chi connectivity index (χ0) is 13.8. The molecule has 4 heteroatoms. The molecule has 3 nitrogen and oxygen atoms in total. The summed E-state index contributed by atoms with van der Waals surface area (Å²) in [7, 11) is 2.03. The van der Waals surface area contributed by atoms with Gasteiger partial charge < -0.3 is 10.6 Å². The molecule has 0 fully saturated rings. The Morgan fingerprint density at radius 2 is 2.16 bits per heavy atom. The van der Waals surface area contributed by atoms with Gasteiger partial charge in [0.25, 0.3) is 0 Å². The first kappa shape index (κ1) is 13.8. The summed E-state index contributed by atoms with van der Waals surface area (Å²) in [6.07, 6.45) is 3.65. The summed E-state index contributed by atoms with van der Waals surface area (Å²) in [5, 5.41) is 0.713. The van der Waals surface area contributed by atoms with Crippen molar-refractivity contribution in [1.29, 1.82) is 0 Å². The van der Waals surface area contributed by atoms with Crippen LogP contribution in [0.5, 0.6) is 0 Å². The summed E-state index contributed by atoms with van der Waals surface area (Å²) in [5.41, 5.74) is 9.06. The predicted octanol–water partition coefficient (Wildman–Crippen LogP) is 3.39. The molecule has 0 aliphatic heterocycles. The molecule has 1 aromatic heterocycles. The lowest BCUT2D eigenvalue weighted by Crippen LogP contribution is -2.16. The highest BCUT2D eigenvalue weighted by molar-refractivity contribution is 6.31. The Morgan fingerprint density at radius 1 is 1.37 bits per heavy atom. The lowest BCUT2D eigenvalue weighted by Gasteiger charge is -2.20. The van der Waals surface area contributed by atoms with E-state index in [4.69, 9.17) is 17.3 Å². The number of nitrogens with two attached hydrogens (primary N) is 1. The number of rotatable bonds is 4. The maximum Gasteiger partial charge on any atom is 0.0474 e. The van der Waals surface area contributed by atoms with Crippen molar-refractivity contribution >= 4 is 17.3 Å². The molecule has 0 saturated carbocycles. The maximum absolute atomic E-state index is 6.25. The van der Waals surface area contributed by atoms with Crippen molar-refractivity contribution in [1.82, 2.24) is 4.98 Å². The third-order valence-corrected chi connectivity index (χ3v) is 3.39. The highest BCUT2D eigenvalue weighted by atomic mass is 35.5. The van der Waals surface area contributed by atoms with Gasteiger partial charge in [-0.3, -0.25) is 4.98 Å². The molecule has 0 bridgehead atoms. The van der Waals surface area contributed by atoms with Gasteiger partial charge in [-0.15, -0.1) is 0 Å². The first-order chi connectivity index (χ1) is 9.08. The molecule has 0 aliphatic carbocycles. The Hall–Kier alpha value is -1.58. The van der Waals surface area contributed by atoms with Crippen molar-refractivity contribution in [2.24, 2.45) is 5.73 Å². The van der Waals surface area contributed by atoms with Crippen LogP contribution in [0.25, 0.3) is 0 Å². The van der Waals surface area contributed by atoms with E-state index < -0.39 is 0 Å². The molecule has 1 atom stereocenters. The number of anilines is 1. The average molecular weight is 276 g/mol. The lowest BCUT2D eigenvalue weighted by molar-refractivity contribution is 0.817. The van der Waals surface area contributed by atoms with Crippen molar-refractivity contribution in [2.75, 3.05) is 11.9 Å². The minimum Gasteiger partial charge on any atom is -0.370 e. The Labute approximate surface area is 119 Å². The molecule has 0 saturated heterocycles. The van der Waals surface area contributed by atoms with E-state index in [2.05, 4.69) is 16.0 Å². The van der Waals surface area contributed by atoms with E-state index in [0.29, 0.717) is 5.02 Å². The average Bonchev–Trinajstić information content (AvgIpc) is 2.39. The zero-order valence-electron chi connectivity index (χ0n) is 11.2. The van der Waals surface area contributed by atoms with E-state index in [1.165, 1.54) is 0 Å². The minimum absolute atomic E-state index is 0.0508. The number of pyridine rings is 1. The Balaban J connectivity index is 2.16. The number of aromatic nitrogens is 1. The molecule has 1 aromatic carbocycles. The van der Waals surface area contributed by atoms with Crippen LogP contribution in [-0.4, -0.2) is 12.0 Å². The summed E-state index contributed by atoms with van der Waals surface area (Å²) >= 11 is 6.25. The molecule has 100 valence electrons. The Bertz CT molecular complexity index is 540. The van der Waals surface area contributed by atoms with E-state index in [0.717, 1.165) is 23.4 Å². The number of halogens is 1. The van der Waals surface area contributed by atoms with E-state index in [1.54, 1.807) is 6.20 Å². The maximum atomic E-state index is 6.25. The predicted molar refractivity (Wildman–Crippen MR) is 80.4 cm³/mol. The SMILES string of the molecule is CC(N)c1ccc(N(C)Cc2cccnc2)cc1Cl. The first-order valence-electron chi connectivity index (χ1n) is 6.23. The van der Waals surface area contributed by atoms with Crippen LogP contribution in [0, 0.1) is 0 Å². The smallest absolute Gasteiger partial charge is 0.0474 e. The third-order valence-electron chi connectivity index (χ3n) is 3.06. The highest BCUT2D eigenvalue weighted by Crippen LogP contribution is 2.27. The third kappa shape index (κ3) is 3.46. The van der Waals surface area contributed by atoms with Crippen LogP contribution < -0.4 is 10.6 Å². The molecule has 1 heterocycles. The van der Waals surface area contributed by atoms with Gasteiger partial charge in [-0.05, 0) is 36.2 Å². The Morgan fingerprint density at radius 3 is 2.74 bits per heavy atom. The monoisotopic (exact) mass is 275 g/mol. The lowest BCUT2D eigenvalue weighted by atomic mass is 10.1. The topological polar surface area (TPSA) is 42.1 Å².